The molecular weight excluding hydrogens is 624 g/mol. The number of fused-ring (bicyclic) bond motifs is 12. The number of para-hydroxylation sites is 1. The molecule has 260 valence electrons. The molecule has 0 N–H and O–H groups in total. The number of hydrogen-bond donors (Lipinski definition) is 0. The van der Waals surface area contributed by atoms with Gasteiger partial charge in [-0.25, -0.2) is 4.79 Å². The summed E-state index contributed by atoms with van der Waals surface area (Å²) in [6, 6.07) is 16.1. The number of allylic oxidation sites excluding steroid dienone is 3. The van der Waals surface area contributed by atoms with Crippen LogP contribution in [-0.4, -0.2) is 85.0 Å². The molecule has 7 aliphatic heterocycles. The average molecular weight is 673 g/mol. The van der Waals surface area contributed by atoms with Crippen molar-refractivity contribution in [2.45, 2.75) is 68.2 Å². The van der Waals surface area contributed by atoms with Gasteiger partial charge in [-0.3, -0.25) is 9.80 Å². The fourth-order valence-corrected chi connectivity index (χ4v) is 12.1. The molecule has 4 bridgehead atoms. The topological polar surface area (TPSA) is 59.4 Å². The van der Waals surface area contributed by atoms with Crippen molar-refractivity contribution in [1.29, 1.82) is 0 Å². The zero-order valence-electron chi connectivity index (χ0n) is 29.8. The van der Waals surface area contributed by atoms with E-state index in [1.54, 1.807) is 14.2 Å². The normalized spacial score (nSPS) is 36.1. The highest BCUT2D eigenvalue weighted by atomic mass is 16.5. The van der Waals surface area contributed by atoms with E-state index >= 15 is 0 Å². The van der Waals surface area contributed by atoms with Crippen LogP contribution in [0.1, 0.15) is 55.0 Å². The standard InChI is InChI=1S/C42H48N4O4/c1-6-24-21-45-16-14-33-27-9-7-8-10-35(27)46-40(41(47)49-5)29(24)20-38(45)42(33,46)15-13-25-22-50-23-32-28(25)18-37-39-31(19-36(32)43(37)2)30-17-26(48-4)11-12-34(30)44(39)3/h6-13,15,17,22,28-29,32-33,36-38,40H,14,16,18-21,23H2,1-5H3/b15-13+,24-6-/t28-,29-,32+,33+,36-,37-,38-,40-,42-/m0/s1. The maximum Gasteiger partial charge on any atom is 0.329 e. The van der Waals surface area contributed by atoms with Crippen LogP contribution in [0.25, 0.3) is 10.9 Å². The number of anilines is 1. The van der Waals surface area contributed by atoms with Gasteiger partial charge in [0.05, 0.1) is 38.7 Å². The number of aryl methyl sites for hydroxylation is 1. The molecule has 0 spiro atoms. The lowest BCUT2D eigenvalue weighted by Crippen LogP contribution is -2.75. The van der Waals surface area contributed by atoms with E-state index in [4.69, 9.17) is 14.2 Å². The molecule has 0 aliphatic carbocycles. The van der Waals surface area contributed by atoms with E-state index in [9.17, 15) is 4.79 Å². The number of carbonyl (C=O) groups excluding carboxylic acids is 1. The summed E-state index contributed by atoms with van der Waals surface area (Å²) < 4.78 is 20.1. The fourth-order valence-electron chi connectivity index (χ4n) is 12.1. The summed E-state index contributed by atoms with van der Waals surface area (Å²) in [6.45, 7) is 4.88. The van der Waals surface area contributed by atoms with Crippen LogP contribution >= 0.6 is 0 Å². The molecule has 8 heteroatoms. The van der Waals surface area contributed by atoms with Gasteiger partial charge in [-0.1, -0.05) is 42.0 Å². The van der Waals surface area contributed by atoms with Crippen LogP contribution in [0.3, 0.4) is 0 Å². The van der Waals surface area contributed by atoms with E-state index in [2.05, 4.69) is 107 Å². The molecule has 0 unspecified atom stereocenters. The van der Waals surface area contributed by atoms with Gasteiger partial charge in [0.2, 0.25) is 0 Å². The van der Waals surface area contributed by atoms with Gasteiger partial charge in [0.25, 0.3) is 0 Å². The van der Waals surface area contributed by atoms with E-state index in [0.29, 0.717) is 35.9 Å². The van der Waals surface area contributed by atoms with Crippen molar-refractivity contribution in [2.24, 2.45) is 24.8 Å². The molecule has 0 radical (unpaired) electrons. The second-order valence-electron chi connectivity index (χ2n) is 15.9. The summed E-state index contributed by atoms with van der Waals surface area (Å²) in [5.74, 6) is 2.04. The zero-order valence-corrected chi connectivity index (χ0v) is 29.8. The molecular formula is C42H48N4O4. The molecule has 4 fully saturated rings. The molecule has 1 aromatic heterocycles. The Hall–Kier alpha value is -4.01. The predicted octanol–water partition coefficient (Wildman–Crippen LogP) is 6.13. The number of nitrogens with zero attached hydrogens (tertiary/aromatic N) is 4. The first-order valence-electron chi connectivity index (χ1n) is 18.6. The van der Waals surface area contributed by atoms with E-state index in [0.717, 1.165) is 51.1 Å². The SMILES string of the molecule is C/C=C1/CN2CC[C@@H]3c4ccccc4N4[C@H](C(=O)OC)[C@H]1C[C@H]2[C@]34/C=C/C1=COC[C@@H]2[C@H]1C[C@H]1c3c(c4cc(OC)ccc4n3C)C[C@@H]2N1C. The minimum atomic E-state index is -0.353. The largest absolute Gasteiger partial charge is 0.501 e. The van der Waals surface area contributed by atoms with Crippen LogP contribution in [0.4, 0.5) is 5.69 Å². The molecule has 8 nitrogen and oxygen atoms in total. The van der Waals surface area contributed by atoms with Gasteiger partial charge < -0.3 is 23.7 Å². The van der Waals surface area contributed by atoms with Crippen LogP contribution in [0, 0.1) is 17.8 Å². The van der Waals surface area contributed by atoms with Gasteiger partial charge in [-0.2, -0.15) is 0 Å². The number of piperidine rings is 4. The minimum Gasteiger partial charge on any atom is -0.501 e. The third-order valence-corrected chi connectivity index (χ3v) is 14.3. The summed E-state index contributed by atoms with van der Waals surface area (Å²) in [5, 5.41) is 1.32. The highest BCUT2D eigenvalue weighted by Gasteiger charge is 2.66. The van der Waals surface area contributed by atoms with E-state index < -0.39 is 0 Å². The molecule has 7 aliphatic rings. The Morgan fingerprint density at radius 3 is 2.76 bits per heavy atom. The lowest BCUT2D eigenvalue weighted by Gasteiger charge is -2.64. The van der Waals surface area contributed by atoms with Crippen molar-refractivity contribution in [3.05, 3.63) is 94.9 Å². The lowest BCUT2D eigenvalue weighted by atomic mass is 9.61. The third-order valence-electron chi connectivity index (χ3n) is 14.3. The first-order chi connectivity index (χ1) is 24.4. The first-order valence-corrected chi connectivity index (χ1v) is 18.6. The van der Waals surface area contributed by atoms with E-state index in [1.165, 1.54) is 44.6 Å². The Morgan fingerprint density at radius 1 is 1.08 bits per heavy atom. The zero-order chi connectivity index (χ0) is 34.1. The third kappa shape index (κ3) is 3.87. The fraction of sp³-hybridized carbons (Fsp3) is 0.500. The highest BCUT2D eigenvalue weighted by Crippen LogP contribution is 2.62. The number of rotatable bonds is 4. The van der Waals surface area contributed by atoms with Crippen LogP contribution in [0.15, 0.2) is 78.1 Å². The number of ether oxygens (including phenoxy) is 3. The maximum absolute atomic E-state index is 13.9. The van der Waals surface area contributed by atoms with Gasteiger partial charge in [0.1, 0.15) is 11.8 Å². The Kier molecular flexibility index (Phi) is 6.77. The number of hydrogen-bond acceptors (Lipinski definition) is 7. The Morgan fingerprint density at radius 2 is 1.94 bits per heavy atom. The Balaban J connectivity index is 1.07. The van der Waals surface area contributed by atoms with Crippen molar-refractivity contribution < 1.29 is 19.0 Å². The highest BCUT2D eigenvalue weighted by molar-refractivity contribution is 5.88. The minimum absolute atomic E-state index is 0.123. The summed E-state index contributed by atoms with van der Waals surface area (Å²) in [6.07, 6.45) is 13.4. The summed E-state index contributed by atoms with van der Waals surface area (Å²) in [4.78, 5) is 21.8. The molecule has 3 aromatic rings. The van der Waals surface area contributed by atoms with Crippen LogP contribution in [0.5, 0.6) is 5.75 Å². The van der Waals surface area contributed by atoms with Crippen molar-refractivity contribution in [3.63, 3.8) is 0 Å². The van der Waals surface area contributed by atoms with Crippen molar-refractivity contribution in [1.82, 2.24) is 14.4 Å². The average Bonchev–Trinajstić information content (AvgIpc) is 3.58. The second-order valence-corrected chi connectivity index (χ2v) is 15.9. The van der Waals surface area contributed by atoms with E-state index in [1.807, 2.05) is 0 Å². The molecule has 2 aromatic carbocycles. The lowest BCUT2D eigenvalue weighted by molar-refractivity contribution is -0.146. The predicted molar refractivity (Wildman–Crippen MR) is 194 cm³/mol. The monoisotopic (exact) mass is 672 g/mol. The molecule has 10 rings (SSSR count). The van der Waals surface area contributed by atoms with Crippen molar-refractivity contribution in [3.8, 4) is 5.75 Å². The molecule has 0 amide bonds. The molecule has 0 saturated carbocycles. The molecule has 9 atom stereocenters. The Labute approximate surface area is 294 Å². The number of aromatic nitrogens is 1. The summed E-state index contributed by atoms with van der Waals surface area (Å²) in [5.41, 5.74) is 9.11. The smallest absolute Gasteiger partial charge is 0.329 e. The van der Waals surface area contributed by atoms with Crippen LogP contribution in [-0.2, 0) is 27.7 Å². The van der Waals surface area contributed by atoms with Gasteiger partial charge >= 0.3 is 5.97 Å². The Bertz CT molecular complexity index is 2010. The molecule has 4 saturated heterocycles. The number of esters is 1. The number of benzene rings is 2. The maximum atomic E-state index is 13.9. The molecule has 50 heavy (non-hydrogen) atoms. The van der Waals surface area contributed by atoms with Gasteiger partial charge in [0.15, 0.2) is 0 Å². The van der Waals surface area contributed by atoms with Crippen LogP contribution in [0.2, 0.25) is 0 Å². The quantitative estimate of drug-likeness (QED) is 0.244. The summed E-state index contributed by atoms with van der Waals surface area (Å²) >= 11 is 0. The van der Waals surface area contributed by atoms with Crippen LogP contribution < -0.4 is 9.64 Å². The second kappa shape index (κ2) is 11.0. The summed E-state index contributed by atoms with van der Waals surface area (Å²) in [7, 11) is 7.87. The van der Waals surface area contributed by atoms with Crippen molar-refractivity contribution in [2.75, 3.05) is 45.9 Å². The van der Waals surface area contributed by atoms with Crippen molar-refractivity contribution >= 4 is 22.6 Å². The van der Waals surface area contributed by atoms with Gasteiger partial charge in [-0.05, 0) is 93.1 Å². The van der Waals surface area contributed by atoms with Gasteiger partial charge in [0, 0.05) is 65.7 Å². The first kappa shape index (κ1) is 30.8. The van der Waals surface area contributed by atoms with Gasteiger partial charge in [-0.15, -0.1) is 0 Å². The number of carbonyl (C=O) groups is 1. The number of likely N-dealkylation sites (N-methyl/N-ethyl adjacent to an activating group) is 1. The molecule has 8 heterocycles. The van der Waals surface area contributed by atoms with E-state index in [-0.39, 0.29) is 23.5 Å². The number of methoxy groups -OCH3 is 2.